The van der Waals surface area contributed by atoms with E-state index in [1.54, 1.807) is 0 Å². The Morgan fingerprint density at radius 1 is 1.00 bits per heavy atom. The van der Waals surface area contributed by atoms with E-state index in [-0.39, 0.29) is 16.9 Å². The second kappa shape index (κ2) is 9.56. The smallest absolute Gasteiger partial charge is 0.235 e. The summed E-state index contributed by atoms with van der Waals surface area (Å²) in [5.74, 6) is -0.115. The fraction of sp³-hybridized carbons (Fsp3) is 0.423. The molecule has 2 aromatic carbocycles. The molecular weight excluding hydrogens is 388 g/mol. The molecule has 0 spiro atoms. The van der Waals surface area contributed by atoms with Crippen LogP contribution >= 0.6 is 0 Å². The van der Waals surface area contributed by atoms with Crippen LogP contribution in [0.25, 0.3) is 22.3 Å². The Kier molecular flexibility index (Phi) is 7.06. The molecule has 1 heterocycles. The van der Waals surface area contributed by atoms with E-state index in [4.69, 9.17) is 4.42 Å². The quantitative estimate of drug-likeness (QED) is 0.469. The van der Waals surface area contributed by atoms with Crippen molar-refractivity contribution in [3.63, 3.8) is 0 Å². The molecule has 0 radical (unpaired) electrons. The van der Waals surface area contributed by atoms with Crippen LogP contribution in [-0.2, 0) is 6.54 Å². The largest absolute Gasteiger partial charge is 0.502 e. The van der Waals surface area contributed by atoms with Crippen molar-refractivity contribution in [3.8, 4) is 17.1 Å². The van der Waals surface area contributed by atoms with Crippen LogP contribution in [0.2, 0.25) is 0 Å². The van der Waals surface area contributed by atoms with Crippen molar-refractivity contribution < 1.29 is 14.0 Å². The predicted molar refractivity (Wildman–Crippen MR) is 129 cm³/mol. The molecule has 0 unspecified atom stereocenters. The lowest BCUT2D eigenvalue weighted by atomic mass is 10.1. The van der Waals surface area contributed by atoms with Gasteiger partial charge in [-0.15, -0.1) is 0 Å². The van der Waals surface area contributed by atoms with Gasteiger partial charge in [0.15, 0.2) is 5.76 Å². The van der Waals surface area contributed by atoms with Gasteiger partial charge in [-0.25, -0.2) is 0 Å². The predicted octanol–water partition coefficient (Wildman–Crippen LogP) is 5.39. The zero-order valence-corrected chi connectivity index (χ0v) is 19.4. The van der Waals surface area contributed by atoms with Gasteiger partial charge in [0.2, 0.25) is 11.2 Å². The van der Waals surface area contributed by atoms with E-state index in [0.717, 1.165) is 48.3 Å². The van der Waals surface area contributed by atoms with Crippen molar-refractivity contribution >= 4 is 16.7 Å². The summed E-state index contributed by atoms with van der Waals surface area (Å²) >= 11 is 0. The number of hydrogen-bond donors (Lipinski definition) is 1. The molecule has 0 saturated heterocycles. The minimum Gasteiger partial charge on any atom is -0.502 e. The van der Waals surface area contributed by atoms with Gasteiger partial charge in [0, 0.05) is 29.9 Å². The summed E-state index contributed by atoms with van der Waals surface area (Å²) in [6.45, 7) is 10.2. The average Bonchev–Trinajstić information content (AvgIpc) is 2.76. The Morgan fingerprint density at radius 3 is 2.29 bits per heavy atom. The summed E-state index contributed by atoms with van der Waals surface area (Å²) in [5, 5.41) is 11.1. The molecule has 0 aliphatic carbocycles. The third-order valence-electron chi connectivity index (χ3n) is 5.92. The molecule has 31 heavy (non-hydrogen) atoms. The number of rotatable bonds is 9. The van der Waals surface area contributed by atoms with Gasteiger partial charge in [0.25, 0.3) is 0 Å². The minimum absolute atomic E-state index is 0.218. The van der Waals surface area contributed by atoms with Crippen molar-refractivity contribution in [2.75, 3.05) is 38.6 Å². The van der Waals surface area contributed by atoms with Crippen molar-refractivity contribution in [1.82, 2.24) is 0 Å². The van der Waals surface area contributed by atoms with Gasteiger partial charge in [0.05, 0.1) is 26.0 Å². The number of aromatic hydroxyl groups is 1. The Morgan fingerprint density at radius 2 is 1.68 bits per heavy atom. The molecule has 5 heteroatoms. The molecule has 3 aromatic rings. The number of benzene rings is 2. The van der Waals surface area contributed by atoms with Crippen molar-refractivity contribution in [1.29, 1.82) is 0 Å². The van der Waals surface area contributed by atoms with E-state index in [2.05, 4.69) is 39.8 Å². The maximum atomic E-state index is 13.0. The van der Waals surface area contributed by atoms with E-state index in [1.165, 1.54) is 6.42 Å². The number of fused-ring (bicyclic) bond motifs is 1. The van der Waals surface area contributed by atoms with Crippen molar-refractivity contribution in [3.05, 3.63) is 58.3 Å². The van der Waals surface area contributed by atoms with Crippen molar-refractivity contribution in [2.24, 2.45) is 0 Å². The molecule has 0 amide bonds. The molecular formula is C26H35N2O3+. The van der Waals surface area contributed by atoms with E-state index in [1.807, 2.05) is 42.5 Å². The second-order valence-electron chi connectivity index (χ2n) is 8.83. The SMILES string of the molecule is CCCC[N+](C)(C)Cc1ccc2oc(-c3ccc(N(CC)CC)cc3)c(O)c(=O)c2c1. The van der Waals surface area contributed by atoms with Gasteiger partial charge in [-0.2, -0.15) is 0 Å². The molecule has 0 aliphatic rings. The van der Waals surface area contributed by atoms with Crippen LogP contribution in [0.3, 0.4) is 0 Å². The summed E-state index contributed by atoms with van der Waals surface area (Å²) in [4.78, 5) is 15.2. The summed E-state index contributed by atoms with van der Waals surface area (Å²) in [6, 6.07) is 13.5. The zero-order chi connectivity index (χ0) is 22.6. The van der Waals surface area contributed by atoms with E-state index in [0.29, 0.717) is 16.5 Å². The Hall–Kier alpha value is -2.79. The zero-order valence-electron chi connectivity index (χ0n) is 19.4. The van der Waals surface area contributed by atoms with Crippen LogP contribution in [0.15, 0.2) is 51.7 Å². The van der Waals surface area contributed by atoms with Gasteiger partial charge in [-0.1, -0.05) is 13.3 Å². The normalized spacial score (nSPS) is 11.8. The van der Waals surface area contributed by atoms with Gasteiger partial charge in [0.1, 0.15) is 12.1 Å². The first-order valence-electron chi connectivity index (χ1n) is 11.3. The molecule has 5 nitrogen and oxygen atoms in total. The number of hydrogen-bond acceptors (Lipinski definition) is 4. The Labute approximate surface area is 185 Å². The highest BCUT2D eigenvalue weighted by molar-refractivity contribution is 5.82. The Balaban J connectivity index is 1.96. The molecule has 0 fully saturated rings. The van der Waals surface area contributed by atoms with Gasteiger partial charge in [-0.05, 0) is 62.7 Å². The summed E-state index contributed by atoms with van der Waals surface area (Å²) in [7, 11) is 4.40. The fourth-order valence-electron chi connectivity index (χ4n) is 4.10. The van der Waals surface area contributed by atoms with Crippen LogP contribution < -0.4 is 10.3 Å². The van der Waals surface area contributed by atoms with Crippen LogP contribution in [0.1, 0.15) is 39.2 Å². The maximum absolute atomic E-state index is 13.0. The van der Waals surface area contributed by atoms with Crippen LogP contribution in [0.4, 0.5) is 5.69 Å². The van der Waals surface area contributed by atoms with E-state index < -0.39 is 0 Å². The molecule has 166 valence electrons. The Bertz CT molecular complexity index is 1080. The van der Waals surface area contributed by atoms with E-state index >= 15 is 0 Å². The van der Waals surface area contributed by atoms with Crippen LogP contribution in [0, 0.1) is 0 Å². The molecule has 1 N–H and O–H groups in total. The number of nitrogens with zero attached hydrogens (tertiary/aromatic N) is 2. The average molecular weight is 424 g/mol. The number of quaternary nitrogens is 1. The van der Waals surface area contributed by atoms with Crippen molar-refractivity contribution in [2.45, 2.75) is 40.2 Å². The van der Waals surface area contributed by atoms with Gasteiger partial charge >= 0.3 is 0 Å². The van der Waals surface area contributed by atoms with Crippen LogP contribution in [0.5, 0.6) is 5.75 Å². The number of unbranched alkanes of at least 4 members (excludes halogenated alkanes) is 1. The standard InChI is InChI=1S/C26H34N2O3/c1-6-9-16-28(4,5)18-19-10-15-23-22(17-19)24(29)25(30)26(31-23)20-11-13-21(14-12-20)27(7-2)8-3/h10-15,17H,6-9,16,18H2,1-5H3/p+1. The monoisotopic (exact) mass is 423 g/mol. The summed E-state index contributed by atoms with van der Waals surface area (Å²) in [6.07, 6.45) is 2.33. The topological polar surface area (TPSA) is 53.7 Å². The third kappa shape index (κ3) is 5.10. The number of anilines is 1. The molecule has 1 aromatic heterocycles. The lowest BCUT2D eigenvalue weighted by Gasteiger charge is -2.29. The van der Waals surface area contributed by atoms with Gasteiger partial charge in [-0.3, -0.25) is 4.79 Å². The molecule has 3 rings (SSSR count). The summed E-state index contributed by atoms with van der Waals surface area (Å²) in [5.41, 5.74) is 2.97. The highest BCUT2D eigenvalue weighted by Crippen LogP contribution is 2.31. The summed E-state index contributed by atoms with van der Waals surface area (Å²) < 4.78 is 6.85. The third-order valence-corrected chi connectivity index (χ3v) is 5.92. The first kappa shape index (κ1) is 22.9. The maximum Gasteiger partial charge on any atom is 0.235 e. The molecule has 0 bridgehead atoms. The highest BCUT2D eigenvalue weighted by Gasteiger charge is 2.19. The fourth-order valence-corrected chi connectivity index (χ4v) is 4.10. The van der Waals surface area contributed by atoms with E-state index in [9.17, 15) is 9.90 Å². The molecule has 0 saturated carbocycles. The second-order valence-corrected chi connectivity index (χ2v) is 8.83. The molecule has 0 aliphatic heterocycles. The lowest BCUT2D eigenvalue weighted by Crippen LogP contribution is -2.39. The molecule has 0 atom stereocenters. The first-order valence-corrected chi connectivity index (χ1v) is 11.3. The first-order chi connectivity index (χ1) is 14.8. The lowest BCUT2D eigenvalue weighted by molar-refractivity contribution is -0.903. The van der Waals surface area contributed by atoms with Crippen LogP contribution in [-0.4, -0.2) is 43.3 Å². The minimum atomic E-state index is -0.384. The van der Waals surface area contributed by atoms with Gasteiger partial charge < -0.3 is 18.9 Å². The highest BCUT2D eigenvalue weighted by atomic mass is 16.4.